The number of carbonyl (C=O) groups is 2. The number of ether oxygens (including phenoxy) is 1. The van der Waals surface area contributed by atoms with Crippen molar-refractivity contribution in [3.63, 3.8) is 0 Å². The van der Waals surface area contributed by atoms with Gasteiger partial charge in [-0.25, -0.2) is 4.79 Å². The first-order valence-electron chi connectivity index (χ1n) is 6.39. The fourth-order valence-corrected chi connectivity index (χ4v) is 1.55. The lowest BCUT2D eigenvalue weighted by molar-refractivity contribution is -0.385. The predicted octanol–water partition coefficient (Wildman–Crippen LogP) is 2.05. The highest BCUT2D eigenvalue weighted by molar-refractivity contribution is 6.00. The van der Waals surface area contributed by atoms with Crippen LogP contribution >= 0.6 is 0 Å². The monoisotopic (exact) mass is 294 g/mol. The van der Waals surface area contributed by atoms with Crippen LogP contribution in [0.1, 0.15) is 38.1 Å². The molecule has 0 unspecified atom stereocenters. The second-order valence-corrected chi connectivity index (χ2v) is 5.50. The number of esters is 1. The van der Waals surface area contributed by atoms with Crippen molar-refractivity contribution in [2.24, 2.45) is 0 Å². The molecule has 0 bridgehead atoms. The van der Waals surface area contributed by atoms with Gasteiger partial charge in [0.1, 0.15) is 17.2 Å². The fraction of sp³-hybridized carbons (Fsp3) is 0.429. The maximum atomic E-state index is 12.0. The smallest absolute Gasteiger partial charge is 0.328 e. The number of hydrogen-bond acceptors (Lipinski definition) is 5. The molecule has 1 rings (SSSR count). The number of nitrogens with one attached hydrogen (secondary N) is 1. The van der Waals surface area contributed by atoms with Gasteiger partial charge >= 0.3 is 5.97 Å². The molecule has 0 saturated heterocycles. The maximum Gasteiger partial charge on any atom is 0.328 e. The summed E-state index contributed by atoms with van der Waals surface area (Å²) in [5.41, 5.74) is -1.08. The van der Waals surface area contributed by atoms with Crippen molar-refractivity contribution in [2.75, 3.05) is 0 Å². The molecule has 1 atom stereocenters. The van der Waals surface area contributed by atoms with E-state index in [-0.39, 0.29) is 11.3 Å². The van der Waals surface area contributed by atoms with Crippen LogP contribution in [0.4, 0.5) is 5.69 Å². The summed E-state index contributed by atoms with van der Waals surface area (Å²) in [6.07, 6.45) is 0. The fourth-order valence-electron chi connectivity index (χ4n) is 1.55. The Kier molecular flexibility index (Phi) is 5.02. The third-order valence-corrected chi connectivity index (χ3v) is 2.45. The molecule has 0 aliphatic rings. The minimum Gasteiger partial charge on any atom is -0.458 e. The third-order valence-electron chi connectivity index (χ3n) is 2.45. The van der Waals surface area contributed by atoms with Crippen LogP contribution in [-0.4, -0.2) is 28.4 Å². The zero-order valence-corrected chi connectivity index (χ0v) is 12.4. The predicted molar refractivity (Wildman–Crippen MR) is 75.9 cm³/mol. The van der Waals surface area contributed by atoms with Crippen LogP contribution in [0.3, 0.4) is 0 Å². The zero-order chi connectivity index (χ0) is 16.2. The first-order chi connectivity index (χ1) is 9.61. The van der Waals surface area contributed by atoms with E-state index < -0.39 is 28.4 Å². The van der Waals surface area contributed by atoms with Gasteiger partial charge in [0, 0.05) is 6.07 Å². The van der Waals surface area contributed by atoms with Crippen LogP contribution in [0.2, 0.25) is 0 Å². The summed E-state index contributed by atoms with van der Waals surface area (Å²) in [7, 11) is 0. The molecule has 7 heteroatoms. The number of nitrogens with zero attached hydrogens (tertiary/aromatic N) is 1. The Bertz CT molecular complexity index is 563. The summed E-state index contributed by atoms with van der Waals surface area (Å²) < 4.78 is 5.13. The van der Waals surface area contributed by atoms with Crippen molar-refractivity contribution in [2.45, 2.75) is 39.3 Å². The van der Waals surface area contributed by atoms with Gasteiger partial charge in [0.05, 0.1) is 4.92 Å². The van der Waals surface area contributed by atoms with Gasteiger partial charge in [-0.3, -0.25) is 14.9 Å². The Morgan fingerprint density at radius 1 is 1.29 bits per heavy atom. The molecule has 114 valence electrons. The molecule has 1 aromatic rings. The highest BCUT2D eigenvalue weighted by atomic mass is 16.6. The Morgan fingerprint density at radius 2 is 1.86 bits per heavy atom. The van der Waals surface area contributed by atoms with E-state index in [4.69, 9.17) is 4.74 Å². The van der Waals surface area contributed by atoms with Crippen molar-refractivity contribution in [1.29, 1.82) is 0 Å². The number of carbonyl (C=O) groups excluding carboxylic acids is 2. The Balaban J connectivity index is 2.82. The van der Waals surface area contributed by atoms with E-state index in [1.54, 1.807) is 20.8 Å². The second kappa shape index (κ2) is 6.34. The number of para-hydroxylation sites is 1. The Labute approximate surface area is 122 Å². The van der Waals surface area contributed by atoms with Gasteiger partial charge in [-0.05, 0) is 33.8 Å². The standard InChI is InChI=1S/C14H18N2O5/c1-9(13(18)21-14(2,3)4)15-12(17)10-7-5-6-8-11(10)16(19)20/h5-9H,1-4H3,(H,15,17)/t9-/m1/s1. The molecule has 0 saturated carbocycles. The number of benzene rings is 1. The summed E-state index contributed by atoms with van der Waals surface area (Å²) in [6.45, 7) is 6.59. The van der Waals surface area contributed by atoms with E-state index in [0.29, 0.717) is 0 Å². The van der Waals surface area contributed by atoms with Crippen molar-refractivity contribution >= 4 is 17.6 Å². The number of nitro groups is 1. The van der Waals surface area contributed by atoms with Gasteiger partial charge in [0.25, 0.3) is 11.6 Å². The summed E-state index contributed by atoms with van der Waals surface area (Å²) in [5.74, 6) is -1.30. The van der Waals surface area contributed by atoms with Crippen LogP contribution in [0.15, 0.2) is 24.3 Å². The lowest BCUT2D eigenvalue weighted by atomic mass is 10.1. The highest BCUT2D eigenvalue weighted by Crippen LogP contribution is 2.17. The molecular weight excluding hydrogens is 276 g/mol. The second-order valence-electron chi connectivity index (χ2n) is 5.50. The van der Waals surface area contributed by atoms with Crippen molar-refractivity contribution < 1.29 is 19.2 Å². The quantitative estimate of drug-likeness (QED) is 0.520. The number of amides is 1. The molecule has 1 aromatic carbocycles. The van der Waals surface area contributed by atoms with E-state index in [1.807, 2.05) is 0 Å². The molecule has 0 aliphatic heterocycles. The van der Waals surface area contributed by atoms with Crippen LogP contribution in [-0.2, 0) is 9.53 Å². The summed E-state index contributed by atoms with van der Waals surface area (Å²) >= 11 is 0. The first-order valence-corrected chi connectivity index (χ1v) is 6.39. The lowest BCUT2D eigenvalue weighted by Gasteiger charge is -2.22. The maximum absolute atomic E-state index is 12.0. The van der Waals surface area contributed by atoms with Gasteiger partial charge < -0.3 is 10.1 Å². The SMILES string of the molecule is C[C@@H](NC(=O)c1ccccc1[N+](=O)[O-])C(=O)OC(C)(C)C. The number of hydrogen-bond donors (Lipinski definition) is 1. The average molecular weight is 294 g/mol. The zero-order valence-electron chi connectivity index (χ0n) is 12.4. The van der Waals surface area contributed by atoms with E-state index in [0.717, 1.165) is 0 Å². The molecule has 0 fully saturated rings. The molecule has 1 N–H and O–H groups in total. The molecule has 0 radical (unpaired) electrons. The molecule has 0 aliphatic carbocycles. The summed E-state index contributed by atoms with van der Waals surface area (Å²) in [5, 5.41) is 13.3. The van der Waals surface area contributed by atoms with E-state index in [9.17, 15) is 19.7 Å². The van der Waals surface area contributed by atoms with Gasteiger partial charge in [-0.1, -0.05) is 12.1 Å². The van der Waals surface area contributed by atoms with E-state index in [2.05, 4.69) is 5.32 Å². The molecule has 0 spiro atoms. The van der Waals surface area contributed by atoms with E-state index >= 15 is 0 Å². The van der Waals surface area contributed by atoms with Crippen molar-refractivity contribution in [1.82, 2.24) is 5.32 Å². The van der Waals surface area contributed by atoms with Crippen LogP contribution in [0.5, 0.6) is 0 Å². The van der Waals surface area contributed by atoms with Gasteiger partial charge in [-0.15, -0.1) is 0 Å². The Morgan fingerprint density at radius 3 is 2.38 bits per heavy atom. The topological polar surface area (TPSA) is 98.5 Å². The lowest BCUT2D eigenvalue weighted by Crippen LogP contribution is -2.42. The van der Waals surface area contributed by atoms with Gasteiger partial charge in [0.15, 0.2) is 0 Å². The number of rotatable bonds is 4. The first kappa shape index (κ1) is 16.6. The largest absolute Gasteiger partial charge is 0.458 e. The normalized spacial score (nSPS) is 12.4. The van der Waals surface area contributed by atoms with Crippen molar-refractivity contribution in [3.8, 4) is 0 Å². The van der Waals surface area contributed by atoms with E-state index in [1.165, 1.54) is 31.2 Å². The summed E-state index contributed by atoms with van der Waals surface area (Å²) in [4.78, 5) is 34.0. The highest BCUT2D eigenvalue weighted by Gasteiger charge is 2.26. The summed E-state index contributed by atoms with van der Waals surface area (Å²) in [6, 6.07) is 4.63. The van der Waals surface area contributed by atoms with Gasteiger partial charge in [-0.2, -0.15) is 0 Å². The minimum atomic E-state index is -0.906. The van der Waals surface area contributed by atoms with Crippen LogP contribution < -0.4 is 5.32 Å². The minimum absolute atomic E-state index is 0.0992. The number of nitro benzene ring substituents is 1. The average Bonchev–Trinajstić information content (AvgIpc) is 2.36. The van der Waals surface area contributed by atoms with Crippen LogP contribution in [0, 0.1) is 10.1 Å². The molecule has 21 heavy (non-hydrogen) atoms. The molecule has 7 nitrogen and oxygen atoms in total. The molecule has 1 amide bonds. The molecule has 0 heterocycles. The van der Waals surface area contributed by atoms with Crippen LogP contribution in [0.25, 0.3) is 0 Å². The third kappa shape index (κ3) is 4.87. The van der Waals surface area contributed by atoms with Gasteiger partial charge in [0.2, 0.25) is 0 Å². The van der Waals surface area contributed by atoms with Crippen molar-refractivity contribution in [3.05, 3.63) is 39.9 Å². The molecule has 0 aromatic heterocycles. The Hall–Kier alpha value is -2.44. The molecular formula is C14H18N2O5.